The first-order chi connectivity index (χ1) is 14.5. The molecule has 0 fully saturated rings. The van der Waals surface area contributed by atoms with Crippen LogP contribution < -0.4 is 14.9 Å². The number of fused-ring (bicyclic) bond motifs is 1. The normalized spacial score (nSPS) is 10.9. The molecular weight excluding hydrogens is 478 g/mol. The molecule has 0 saturated carbocycles. The maximum atomic E-state index is 12.7. The molecule has 4 rings (SSSR count). The molecule has 2 heterocycles. The van der Waals surface area contributed by atoms with Crippen molar-refractivity contribution in [2.24, 2.45) is 0 Å². The number of ether oxygens (including phenoxy) is 2. The van der Waals surface area contributed by atoms with E-state index in [4.69, 9.17) is 30.0 Å². The number of carbonyl (C=O) groups excluding carboxylic acids is 1. The zero-order chi connectivity index (χ0) is 21.1. The van der Waals surface area contributed by atoms with Gasteiger partial charge in [-0.1, -0.05) is 28.9 Å². The van der Waals surface area contributed by atoms with Crippen molar-refractivity contribution in [2.45, 2.75) is 12.8 Å². The number of hydrogen-bond donors (Lipinski definition) is 0. The summed E-state index contributed by atoms with van der Waals surface area (Å²) in [4.78, 5) is 24.8. The molecule has 7 nitrogen and oxygen atoms in total. The van der Waals surface area contributed by atoms with Gasteiger partial charge in [-0.2, -0.15) is 0 Å². The van der Waals surface area contributed by atoms with Crippen molar-refractivity contribution in [2.75, 3.05) is 0 Å². The van der Waals surface area contributed by atoms with Crippen LogP contribution in [0.5, 0.6) is 17.2 Å². The molecule has 0 atom stereocenters. The van der Waals surface area contributed by atoms with E-state index in [1.165, 1.54) is 30.5 Å². The minimum Gasteiger partial charge on any atom is -0.460 e. The molecule has 0 bridgehead atoms. The Morgan fingerprint density at radius 1 is 1.13 bits per heavy atom. The Morgan fingerprint density at radius 2 is 1.97 bits per heavy atom. The summed E-state index contributed by atoms with van der Waals surface area (Å²) in [6, 6.07) is 13.2. The van der Waals surface area contributed by atoms with Crippen LogP contribution in [0.3, 0.4) is 0 Å². The number of carbonyl (C=O) groups is 1. The summed E-state index contributed by atoms with van der Waals surface area (Å²) in [6.45, 7) is 0. The van der Waals surface area contributed by atoms with Crippen molar-refractivity contribution in [3.8, 4) is 17.2 Å². The molecule has 2 aromatic heterocycles. The second-order valence-corrected chi connectivity index (χ2v) is 7.45. The van der Waals surface area contributed by atoms with Crippen LogP contribution in [0.4, 0.5) is 0 Å². The number of esters is 1. The number of aryl methyl sites for hydroxylation is 1. The van der Waals surface area contributed by atoms with Gasteiger partial charge in [0.25, 0.3) is 0 Å². The zero-order valence-corrected chi connectivity index (χ0v) is 17.6. The largest absolute Gasteiger partial charge is 0.460 e. The number of aromatic nitrogens is 1. The molecule has 152 valence electrons. The molecule has 4 aromatic rings. The Bertz CT molecular complexity index is 1280. The maximum absolute atomic E-state index is 12.7. The Balaban J connectivity index is 1.48. The molecule has 0 aliphatic heterocycles. The van der Waals surface area contributed by atoms with Gasteiger partial charge in [-0.15, -0.1) is 0 Å². The third kappa shape index (κ3) is 4.55. The smallest absolute Gasteiger partial charge is 0.311 e. The van der Waals surface area contributed by atoms with Crippen molar-refractivity contribution in [1.82, 2.24) is 5.16 Å². The van der Waals surface area contributed by atoms with Gasteiger partial charge in [0.2, 0.25) is 11.2 Å². The molecule has 0 aliphatic carbocycles. The number of halogens is 2. The van der Waals surface area contributed by atoms with E-state index in [0.717, 1.165) is 0 Å². The van der Waals surface area contributed by atoms with Gasteiger partial charge in [0.05, 0.1) is 16.3 Å². The molecule has 0 radical (unpaired) electrons. The number of benzene rings is 2. The molecule has 9 heteroatoms. The first-order valence-electron chi connectivity index (χ1n) is 8.79. The second kappa shape index (κ2) is 8.73. The topological polar surface area (TPSA) is 91.8 Å². The lowest BCUT2D eigenvalue weighted by Crippen LogP contribution is -2.09. The van der Waals surface area contributed by atoms with E-state index in [0.29, 0.717) is 27.8 Å². The van der Waals surface area contributed by atoms with Crippen LogP contribution in [0.2, 0.25) is 5.15 Å². The quantitative estimate of drug-likeness (QED) is 0.259. The van der Waals surface area contributed by atoms with E-state index in [1.54, 1.807) is 18.2 Å². The predicted molar refractivity (Wildman–Crippen MR) is 112 cm³/mol. The monoisotopic (exact) mass is 489 g/mol. The van der Waals surface area contributed by atoms with E-state index in [1.807, 2.05) is 6.07 Å². The van der Waals surface area contributed by atoms with Gasteiger partial charge >= 0.3 is 5.97 Å². The highest BCUT2D eigenvalue weighted by atomic mass is 79.9. The van der Waals surface area contributed by atoms with E-state index >= 15 is 0 Å². The van der Waals surface area contributed by atoms with Crippen LogP contribution in [0, 0.1) is 0 Å². The molecule has 0 N–H and O–H groups in total. The van der Waals surface area contributed by atoms with Crippen molar-refractivity contribution in [3.63, 3.8) is 0 Å². The number of rotatable bonds is 6. The fraction of sp³-hybridized carbons (Fsp3) is 0.0952. The minimum atomic E-state index is -0.474. The highest BCUT2D eigenvalue weighted by molar-refractivity contribution is 9.10. The summed E-state index contributed by atoms with van der Waals surface area (Å²) in [5, 5.41) is 4.07. The average Bonchev–Trinajstić information content (AvgIpc) is 3.15. The first-order valence-corrected chi connectivity index (χ1v) is 9.96. The number of hydrogen-bond acceptors (Lipinski definition) is 7. The molecule has 0 unspecified atom stereocenters. The SMILES string of the molecule is O=C(CCc1cc(Cl)no1)Oc1ccc2c(=O)c(Oc3ccccc3Br)coc2c1. The van der Waals surface area contributed by atoms with Gasteiger partial charge < -0.3 is 18.4 Å². The first kappa shape index (κ1) is 20.2. The highest BCUT2D eigenvalue weighted by Gasteiger charge is 2.13. The standard InChI is InChI=1S/C21H13BrClNO6/c22-15-3-1-2-4-16(15)29-18-11-27-17-9-12(5-7-14(17)21(18)26)28-20(25)8-6-13-10-19(23)24-30-13/h1-5,7,9-11H,6,8H2. The zero-order valence-electron chi connectivity index (χ0n) is 15.3. The molecule has 2 aromatic carbocycles. The fourth-order valence-corrected chi connectivity index (χ4v) is 3.21. The molecule has 0 spiro atoms. The van der Waals surface area contributed by atoms with Gasteiger partial charge in [0.1, 0.15) is 29.1 Å². The molecule has 0 aliphatic rings. The summed E-state index contributed by atoms with van der Waals surface area (Å²) in [5.41, 5.74) is -0.0705. The van der Waals surface area contributed by atoms with Crippen LogP contribution >= 0.6 is 27.5 Å². The summed E-state index contributed by atoms with van der Waals surface area (Å²) >= 11 is 9.04. The predicted octanol–water partition coefficient (Wildman–Crippen LogP) is 5.53. The van der Waals surface area contributed by atoms with Crippen LogP contribution in [-0.2, 0) is 11.2 Å². The van der Waals surface area contributed by atoms with Gasteiger partial charge in [-0.25, -0.2) is 0 Å². The van der Waals surface area contributed by atoms with Gasteiger partial charge in [0, 0.05) is 18.6 Å². The third-order valence-corrected chi connectivity index (χ3v) is 4.94. The van der Waals surface area contributed by atoms with Crippen molar-refractivity contribution in [3.05, 3.63) is 80.4 Å². The van der Waals surface area contributed by atoms with Crippen LogP contribution in [0.25, 0.3) is 11.0 Å². The van der Waals surface area contributed by atoms with Crippen LogP contribution in [0.1, 0.15) is 12.2 Å². The molecule has 0 saturated heterocycles. The fourth-order valence-electron chi connectivity index (χ4n) is 2.68. The van der Waals surface area contributed by atoms with Crippen LogP contribution in [-0.4, -0.2) is 11.1 Å². The van der Waals surface area contributed by atoms with Crippen LogP contribution in [0.15, 0.2) is 73.0 Å². The Kier molecular flexibility index (Phi) is 5.87. The van der Waals surface area contributed by atoms with Gasteiger partial charge in [-0.05, 0) is 40.2 Å². The molecular formula is C21H13BrClNO6. The highest BCUT2D eigenvalue weighted by Crippen LogP contribution is 2.29. The summed E-state index contributed by atoms with van der Waals surface area (Å²) in [7, 11) is 0. The van der Waals surface area contributed by atoms with E-state index in [2.05, 4.69) is 21.1 Å². The Morgan fingerprint density at radius 3 is 2.73 bits per heavy atom. The summed E-state index contributed by atoms with van der Waals surface area (Å²) in [5.74, 6) is 0.801. The lowest BCUT2D eigenvalue weighted by Gasteiger charge is -2.08. The lowest BCUT2D eigenvalue weighted by molar-refractivity contribution is -0.134. The van der Waals surface area contributed by atoms with Gasteiger partial charge in [0.15, 0.2) is 5.15 Å². The van der Waals surface area contributed by atoms with Gasteiger partial charge in [-0.3, -0.25) is 9.59 Å². The molecule has 30 heavy (non-hydrogen) atoms. The molecule has 0 amide bonds. The van der Waals surface area contributed by atoms with Crippen molar-refractivity contribution in [1.29, 1.82) is 0 Å². The summed E-state index contributed by atoms with van der Waals surface area (Å²) < 4.78 is 22.1. The second-order valence-electron chi connectivity index (χ2n) is 6.21. The summed E-state index contributed by atoms with van der Waals surface area (Å²) in [6.07, 6.45) is 1.60. The Labute approximate surface area is 183 Å². The van der Waals surface area contributed by atoms with Crippen molar-refractivity contribution >= 4 is 44.5 Å². The number of nitrogens with zero attached hydrogens (tertiary/aromatic N) is 1. The minimum absolute atomic E-state index is 0.0462. The average molecular weight is 491 g/mol. The number of para-hydroxylation sites is 1. The Hall–Kier alpha value is -3.10. The lowest BCUT2D eigenvalue weighted by atomic mass is 10.2. The van der Waals surface area contributed by atoms with E-state index in [9.17, 15) is 9.59 Å². The van der Waals surface area contributed by atoms with E-state index < -0.39 is 5.97 Å². The van der Waals surface area contributed by atoms with E-state index in [-0.39, 0.29) is 34.1 Å². The maximum Gasteiger partial charge on any atom is 0.311 e. The third-order valence-electron chi connectivity index (χ3n) is 4.11. The van der Waals surface area contributed by atoms with Crippen molar-refractivity contribution < 1.29 is 23.2 Å².